The minimum absolute atomic E-state index is 0.0262. The van der Waals surface area contributed by atoms with Gasteiger partial charge in [-0.25, -0.2) is 4.79 Å². The number of hydrogen-bond acceptors (Lipinski definition) is 4. The smallest absolute Gasteiger partial charge is 0.322 e. The van der Waals surface area contributed by atoms with Crippen LogP contribution in [0, 0.1) is 13.8 Å². The van der Waals surface area contributed by atoms with Crippen LogP contribution in [0.2, 0.25) is 0 Å². The molecule has 0 bridgehead atoms. The van der Waals surface area contributed by atoms with E-state index < -0.39 is 0 Å². The Hall–Kier alpha value is -3.35. The van der Waals surface area contributed by atoms with Gasteiger partial charge in [0.15, 0.2) is 5.78 Å². The summed E-state index contributed by atoms with van der Waals surface area (Å²) in [6, 6.07) is 11.3. The Morgan fingerprint density at radius 3 is 2.39 bits per heavy atom. The molecule has 2 aromatic carbocycles. The second-order valence-electron chi connectivity index (χ2n) is 9.02. The second-order valence-corrected chi connectivity index (χ2v) is 9.02. The van der Waals surface area contributed by atoms with E-state index in [-0.39, 0.29) is 42.4 Å². The SMILES string of the molecule is Cc1cc(C(=O)CCC(=O)N2CCC(N3CCc4ccccc4NC3=O)CC2)cc(C)c1O. The van der Waals surface area contributed by atoms with E-state index in [1.54, 1.807) is 26.0 Å². The monoisotopic (exact) mass is 449 g/mol. The fourth-order valence-electron chi connectivity index (χ4n) is 4.80. The van der Waals surface area contributed by atoms with E-state index >= 15 is 0 Å². The number of fused-ring (bicyclic) bond motifs is 1. The van der Waals surface area contributed by atoms with Crippen LogP contribution in [-0.4, -0.2) is 58.3 Å². The molecule has 0 radical (unpaired) electrons. The Morgan fingerprint density at radius 2 is 1.70 bits per heavy atom. The van der Waals surface area contributed by atoms with Crippen molar-refractivity contribution in [1.82, 2.24) is 9.80 Å². The molecule has 1 fully saturated rings. The van der Waals surface area contributed by atoms with Crippen LogP contribution < -0.4 is 5.32 Å². The maximum absolute atomic E-state index is 12.8. The third kappa shape index (κ3) is 5.02. The highest BCUT2D eigenvalue weighted by Crippen LogP contribution is 2.26. The average Bonchev–Trinajstić information content (AvgIpc) is 2.98. The zero-order valence-electron chi connectivity index (χ0n) is 19.3. The molecule has 0 unspecified atom stereocenters. The number of amides is 3. The summed E-state index contributed by atoms with van der Waals surface area (Å²) in [7, 11) is 0. The summed E-state index contributed by atoms with van der Waals surface area (Å²) in [6.07, 6.45) is 2.60. The molecule has 174 valence electrons. The molecule has 1 saturated heterocycles. The number of carbonyl (C=O) groups is 3. The number of nitrogens with zero attached hydrogens (tertiary/aromatic N) is 2. The molecule has 0 spiro atoms. The van der Waals surface area contributed by atoms with Gasteiger partial charge >= 0.3 is 6.03 Å². The summed E-state index contributed by atoms with van der Waals surface area (Å²) in [5.41, 5.74) is 3.87. The molecular formula is C26H31N3O4. The molecule has 2 heterocycles. The number of aryl methyl sites for hydroxylation is 2. The van der Waals surface area contributed by atoms with Crippen LogP contribution in [0.5, 0.6) is 5.75 Å². The molecule has 2 aliphatic rings. The number of carbonyl (C=O) groups excluding carboxylic acids is 3. The van der Waals surface area contributed by atoms with Crippen molar-refractivity contribution >= 4 is 23.4 Å². The molecule has 3 amide bonds. The third-order valence-corrected chi connectivity index (χ3v) is 6.78. The Morgan fingerprint density at radius 1 is 1.03 bits per heavy atom. The molecule has 0 aromatic heterocycles. The van der Waals surface area contributed by atoms with Crippen molar-refractivity contribution in [3.05, 3.63) is 58.7 Å². The molecule has 0 atom stereocenters. The van der Waals surface area contributed by atoms with Gasteiger partial charge in [0.25, 0.3) is 0 Å². The lowest BCUT2D eigenvalue weighted by atomic mass is 9.99. The first-order chi connectivity index (χ1) is 15.8. The quantitative estimate of drug-likeness (QED) is 0.674. The van der Waals surface area contributed by atoms with E-state index in [2.05, 4.69) is 5.32 Å². The van der Waals surface area contributed by atoms with E-state index in [1.807, 2.05) is 34.1 Å². The molecule has 2 aromatic rings. The first-order valence-corrected chi connectivity index (χ1v) is 11.6. The summed E-state index contributed by atoms with van der Waals surface area (Å²) in [5.74, 6) is 0.0828. The highest BCUT2D eigenvalue weighted by molar-refractivity contribution is 5.98. The Kier molecular flexibility index (Phi) is 6.67. The van der Waals surface area contributed by atoms with Crippen molar-refractivity contribution in [2.24, 2.45) is 0 Å². The Bertz CT molecular complexity index is 1050. The van der Waals surface area contributed by atoms with Crippen molar-refractivity contribution in [2.45, 2.75) is 52.0 Å². The number of benzene rings is 2. The number of hydrogen-bond donors (Lipinski definition) is 2. The summed E-state index contributed by atoms with van der Waals surface area (Å²) in [4.78, 5) is 41.7. The lowest BCUT2D eigenvalue weighted by Gasteiger charge is -2.38. The number of piperidine rings is 1. The van der Waals surface area contributed by atoms with E-state index in [0.29, 0.717) is 36.3 Å². The number of para-hydroxylation sites is 1. The molecule has 7 heteroatoms. The molecule has 0 aliphatic carbocycles. The number of phenols is 1. The van der Waals surface area contributed by atoms with Crippen LogP contribution >= 0.6 is 0 Å². The van der Waals surface area contributed by atoms with Crippen LogP contribution in [0.15, 0.2) is 36.4 Å². The van der Waals surface area contributed by atoms with Crippen LogP contribution in [0.1, 0.15) is 52.7 Å². The number of Topliss-reactive ketones (excluding diaryl/α,β-unsaturated/α-hetero) is 1. The largest absolute Gasteiger partial charge is 0.507 e. The maximum atomic E-state index is 12.8. The second kappa shape index (κ2) is 9.65. The number of nitrogens with one attached hydrogen (secondary N) is 1. The summed E-state index contributed by atoms with van der Waals surface area (Å²) >= 11 is 0. The van der Waals surface area contributed by atoms with Gasteiger partial charge in [0, 0.05) is 49.8 Å². The Balaban J connectivity index is 1.28. The first kappa shape index (κ1) is 22.8. The highest BCUT2D eigenvalue weighted by Gasteiger charge is 2.31. The minimum Gasteiger partial charge on any atom is -0.507 e. The van der Waals surface area contributed by atoms with Crippen molar-refractivity contribution < 1.29 is 19.5 Å². The summed E-state index contributed by atoms with van der Waals surface area (Å²) in [6.45, 7) is 5.37. The van der Waals surface area contributed by atoms with Gasteiger partial charge in [-0.2, -0.15) is 0 Å². The molecule has 2 aliphatic heterocycles. The van der Waals surface area contributed by atoms with Gasteiger partial charge < -0.3 is 20.2 Å². The third-order valence-electron chi connectivity index (χ3n) is 6.78. The zero-order valence-corrected chi connectivity index (χ0v) is 19.3. The van der Waals surface area contributed by atoms with Crippen LogP contribution in [-0.2, 0) is 11.2 Å². The van der Waals surface area contributed by atoms with Crippen LogP contribution in [0.25, 0.3) is 0 Å². The predicted molar refractivity (Wildman–Crippen MR) is 127 cm³/mol. The lowest BCUT2D eigenvalue weighted by Crippen LogP contribution is -2.50. The number of rotatable bonds is 5. The molecule has 7 nitrogen and oxygen atoms in total. The van der Waals surface area contributed by atoms with E-state index in [1.165, 1.54) is 0 Å². The molecule has 33 heavy (non-hydrogen) atoms. The predicted octanol–water partition coefficient (Wildman–Crippen LogP) is 4.05. The molecular weight excluding hydrogens is 418 g/mol. The number of ketones is 1. The standard InChI is InChI=1S/C26H31N3O4/c1-17-15-20(16-18(2)25(17)32)23(30)7-8-24(31)28-12-10-21(11-13-28)29-14-9-19-5-3-4-6-22(19)27-26(29)33/h3-6,15-16,21,32H,7-14H2,1-2H3,(H,27,33). The van der Waals surface area contributed by atoms with Crippen molar-refractivity contribution in [2.75, 3.05) is 25.0 Å². The van der Waals surface area contributed by atoms with Gasteiger partial charge in [-0.1, -0.05) is 18.2 Å². The lowest BCUT2D eigenvalue weighted by molar-refractivity contribution is -0.132. The summed E-state index contributed by atoms with van der Waals surface area (Å²) in [5, 5.41) is 12.9. The van der Waals surface area contributed by atoms with E-state index in [0.717, 1.165) is 30.5 Å². The maximum Gasteiger partial charge on any atom is 0.322 e. The van der Waals surface area contributed by atoms with E-state index in [9.17, 15) is 19.5 Å². The van der Waals surface area contributed by atoms with Gasteiger partial charge in [0.05, 0.1) is 0 Å². The average molecular weight is 450 g/mol. The number of likely N-dealkylation sites (tertiary alicyclic amines) is 1. The minimum atomic E-state index is -0.0924. The molecule has 0 saturated carbocycles. The topological polar surface area (TPSA) is 90.0 Å². The van der Waals surface area contributed by atoms with Crippen molar-refractivity contribution in [3.8, 4) is 5.75 Å². The molecule has 4 rings (SSSR count). The van der Waals surface area contributed by atoms with Gasteiger partial charge in [0.2, 0.25) is 5.91 Å². The first-order valence-electron chi connectivity index (χ1n) is 11.6. The van der Waals surface area contributed by atoms with E-state index in [4.69, 9.17) is 0 Å². The number of phenolic OH excluding ortho intramolecular Hbond substituents is 1. The van der Waals surface area contributed by atoms with Gasteiger partial charge in [-0.05, 0) is 68.0 Å². The van der Waals surface area contributed by atoms with Crippen LogP contribution in [0.3, 0.4) is 0 Å². The van der Waals surface area contributed by atoms with Crippen molar-refractivity contribution in [3.63, 3.8) is 0 Å². The number of anilines is 1. The normalized spacial score (nSPS) is 16.7. The fraction of sp³-hybridized carbons (Fsp3) is 0.423. The summed E-state index contributed by atoms with van der Waals surface area (Å²) < 4.78 is 0. The zero-order chi connectivity index (χ0) is 23.5. The number of aromatic hydroxyl groups is 1. The van der Waals surface area contributed by atoms with Gasteiger partial charge in [0.1, 0.15) is 5.75 Å². The van der Waals surface area contributed by atoms with Crippen molar-refractivity contribution in [1.29, 1.82) is 0 Å². The fourth-order valence-corrected chi connectivity index (χ4v) is 4.80. The number of urea groups is 1. The Labute approximate surface area is 194 Å². The molecule has 2 N–H and O–H groups in total. The van der Waals surface area contributed by atoms with Crippen LogP contribution in [0.4, 0.5) is 10.5 Å². The highest BCUT2D eigenvalue weighted by atomic mass is 16.3. The van der Waals surface area contributed by atoms with Gasteiger partial charge in [-0.3, -0.25) is 9.59 Å². The van der Waals surface area contributed by atoms with Gasteiger partial charge in [-0.15, -0.1) is 0 Å².